The SMILES string of the molecule is COc1ccc(-c2coc([C@@H](C)OC(=O)c3ccc([N+](=O)[O-])cc3)n2)cc1. The second-order valence-corrected chi connectivity index (χ2v) is 5.65. The van der Waals surface area contributed by atoms with Crippen molar-refractivity contribution in [3.63, 3.8) is 0 Å². The lowest BCUT2D eigenvalue weighted by molar-refractivity contribution is -0.384. The Morgan fingerprint density at radius 2 is 1.81 bits per heavy atom. The molecule has 3 rings (SSSR count). The average Bonchev–Trinajstić information content (AvgIpc) is 3.18. The fraction of sp³-hybridized carbons (Fsp3) is 0.158. The molecule has 0 saturated heterocycles. The van der Waals surface area contributed by atoms with Crippen molar-refractivity contribution in [1.82, 2.24) is 4.98 Å². The van der Waals surface area contributed by atoms with Crippen molar-refractivity contribution in [3.05, 3.63) is 76.4 Å². The third-order valence-electron chi connectivity index (χ3n) is 3.85. The molecule has 0 saturated carbocycles. The Morgan fingerprint density at radius 1 is 1.15 bits per heavy atom. The number of nitro benzene ring substituents is 1. The van der Waals surface area contributed by atoms with E-state index < -0.39 is 17.0 Å². The minimum atomic E-state index is -0.723. The molecule has 2 aromatic carbocycles. The van der Waals surface area contributed by atoms with Crippen molar-refractivity contribution in [2.75, 3.05) is 7.11 Å². The number of non-ortho nitro benzene ring substituents is 1. The van der Waals surface area contributed by atoms with E-state index >= 15 is 0 Å². The summed E-state index contributed by atoms with van der Waals surface area (Å²) in [6.45, 7) is 1.63. The van der Waals surface area contributed by atoms with E-state index in [-0.39, 0.29) is 17.1 Å². The average molecular weight is 368 g/mol. The van der Waals surface area contributed by atoms with Crippen molar-refractivity contribution in [3.8, 4) is 17.0 Å². The summed E-state index contributed by atoms with van der Waals surface area (Å²) in [5.74, 6) is 0.352. The summed E-state index contributed by atoms with van der Waals surface area (Å²) in [7, 11) is 1.59. The van der Waals surface area contributed by atoms with Gasteiger partial charge in [0, 0.05) is 17.7 Å². The van der Waals surface area contributed by atoms with Crippen LogP contribution in [0.15, 0.2) is 59.2 Å². The molecule has 0 aliphatic heterocycles. The maximum absolute atomic E-state index is 12.2. The first kappa shape index (κ1) is 18.1. The minimum absolute atomic E-state index is 0.101. The highest BCUT2D eigenvalue weighted by Crippen LogP contribution is 2.25. The first-order valence-electron chi connectivity index (χ1n) is 8.03. The molecule has 0 bridgehead atoms. The minimum Gasteiger partial charge on any atom is -0.497 e. The van der Waals surface area contributed by atoms with E-state index in [0.29, 0.717) is 5.69 Å². The van der Waals surface area contributed by atoms with Gasteiger partial charge in [-0.2, -0.15) is 0 Å². The van der Waals surface area contributed by atoms with Crippen LogP contribution < -0.4 is 4.74 Å². The highest BCUT2D eigenvalue weighted by molar-refractivity contribution is 5.89. The molecular formula is C19H16N2O6. The Bertz CT molecular complexity index is 947. The van der Waals surface area contributed by atoms with Gasteiger partial charge in [0.25, 0.3) is 5.69 Å². The van der Waals surface area contributed by atoms with Crippen molar-refractivity contribution in [1.29, 1.82) is 0 Å². The quantitative estimate of drug-likeness (QED) is 0.365. The number of ether oxygens (including phenoxy) is 2. The molecule has 8 heteroatoms. The summed E-state index contributed by atoms with van der Waals surface area (Å²) in [5.41, 5.74) is 1.54. The molecule has 0 fully saturated rings. The van der Waals surface area contributed by atoms with Crippen LogP contribution in [0.3, 0.4) is 0 Å². The zero-order chi connectivity index (χ0) is 19.4. The summed E-state index contributed by atoms with van der Waals surface area (Å²) in [6.07, 6.45) is 0.757. The molecule has 27 heavy (non-hydrogen) atoms. The predicted octanol–water partition coefficient (Wildman–Crippen LogP) is 4.18. The summed E-state index contributed by atoms with van der Waals surface area (Å²) in [6, 6.07) is 12.5. The Balaban J connectivity index is 1.68. The number of hydrogen-bond acceptors (Lipinski definition) is 7. The zero-order valence-corrected chi connectivity index (χ0v) is 14.6. The van der Waals surface area contributed by atoms with E-state index in [1.54, 1.807) is 14.0 Å². The number of carbonyl (C=O) groups is 1. The standard InChI is InChI=1S/C19H16N2O6/c1-12(27-19(22)14-3-7-15(8-4-14)21(23)24)18-20-17(11-26-18)13-5-9-16(25-2)10-6-13/h3-12H,1-2H3/t12-/m1/s1. The molecule has 0 spiro atoms. The number of rotatable bonds is 6. The van der Waals surface area contributed by atoms with Crippen molar-refractivity contribution >= 4 is 11.7 Å². The lowest BCUT2D eigenvalue weighted by atomic mass is 10.2. The highest BCUT2D eigenvalue weighted by atomic mass is 16.6. The fourth-order valence-corrected chi connectivity index (χ4v) is 2.37. The summed E-state index contributed by atoms with van der Waals surface area (Å²) < 4.78 is 15.9. The molecule has 0 N–H and O–H groups in total. The summed E-state index contributed by atoms with van der Waals surface area (Å²) in [4.78, 5) is 26.7. The molecule has 0 aliphatic rings. The van der Waals surface area contributed by atoms with Crippen LogP contribution in [0.5, 0.6) is 5.75 Å². The van der Waals surface area contributed by atoms with Crippen LogP contribution in [0.1, 0.15) is 29.3 Å². The smallest absolute Gasteiger partial charge is 0.338 e. The second-order valence-electron chi connectivity index (χ2n) is 5.65. The first-order chi connectivity index (χ1) is 13.0. The lowest BCUT2D eigenvalue weighted by Gasteiger charge is -2.09. The second kappa shape index (κ2) is 7.69. The van der Waals surface area contributed by atoms with Gasteiger partial charge in [-0.1, -0.05) is 0 Å². The van der Waals surface area contributed by atoms with Crippen molar-refractivity contribution in [2.24, 2.45) is 0 Å². The van der Waals surface area contributed by atoms with Crippen LogP contribution in [0.4, 0.5) is 5.69 Å². The lowest BCUT2D eigenvalue weighted by Crippen LogP contribution is -2.09. The number of aromatic nitrogens is 1. The third kappa shape index (κ3) is 4.12. The van der Waals surface area contributed by atoms with Crippen LogP contribution in [0, 0.1) is 10.1 Å². The molecule has 0 radical (unpaired) electrons. The van der Waals surface area contributed by atoms with Gasteiger partial charge in [-0.15, -0.1) is 0 Å². The number of oxazole rings is 1. The van der Waals surface area contributed by atoms with Crippen LogP contribution in [0.25, 0.3) is 11.3 Å². The molecular weight excluding hydrogens is 352 g/mol. The van der Waals surface area contributed by atoms with E-state index in [4.69, 9.17) is 13.9 Å². The number of hydrogen-bond donors (Lipinski definition) is 0. The summed E-state index contributed by atoms with van der Waals surface area (Å²) in [5, 5.41) is 10.7. The third-order valence-corrected chi connectivity index (χ3v) is 3.85. The van der Waals surface area contributed by atoms with Gasteiger partial charge in [-0.3, -0.25) is 10.1 Å². The number of methoxy groups -OCH3 is 1. The maximum Gasteiger partial charge on any atom is 0.338 e. The van der Waals surface area contributed by atoms with Gasteiger partial charge < -0.3 is 13.9 Å². The molecule has 1 heterocycles. The molecule has 0 aliphatic carbocycles. The van der Waals surface area contributed by atoms with E-state index in [1.807, 2.05) is 24.3 Å². The molecule has 3 aromatic rings. The monoisotopic (exact) mass is 368 g/mol. The topological polar surface area (TPSA) is 105 Å². The van der Waals surface area contributed by atoms with Gasteiger partial charge in [0.1, 0.15) is 17.7 Å². The summed E-state index contributed by atoms with van der Waals surface area (Å²) >= 11 is 0. The van der Waals surface area contributed by atoms with Crippen LogP contribution in [-0.4, -0.2) is 23.0 Å². The van der Waals surface area contributed by atoms with Crippen molar-refractivity contribution < 1.29 is 23.6 Å². The Morgan fingerprint density at radius 3 is 2.41 bits per heavy atom. The molecule has 0 unspecified atom stereocenters. The van der Waals surface area contributed by atoms with E-state index in [2.05, 4.69) is 4.98 Å². The molecule has 1 atom stereocenters. The predicted molar refractivity (Wildman–Crippen MR) is 95.4 cm³/mol. The van der Waals surface area contributed by atoms with Crippen LogP contribution in [-0.2, 0) is 4.74 Å². The Kier molecular flexibility index (Phi) is 5.16. The van der Waals surface area contributed by atoms with Gasteiger partial charge in [0.2, 0.25) is 5.89 Å². The number of nitro groups is 1. The number of esters is 1. The molecule has 138 valence electrons. The normalized spacial score (nSPS) is 11.6. The van der Waals surface area contributed by atoms with Crippen molar-refractivity contribution in [2.45, 2.75) is 13.0 Å². The maximum atomic E-state index is 12.2. The van der Waals surface area contributed by atoms with Gasteiger partial charge in [-0.05, 0) is 43.3 Å². The highest BCUT2D eigenvalue weighted by Gasteiger charge is 2.19. The van der Waals surface area contributed by atoms with Gasteiger partial charge in [0.05, 0.1) is 17.6 Å². The van der Waals surface area contributed by atoms with Gasteiger partial charge in [0.15, 0.2) is 6.10 Å². The first-order valence-corrected chi connectivity index (χ1v) is 8.03. The molecule has 0 amide bonds. The molecule has 8 nitrogen and oxygen atoms in total. The van der Waals surface area contributed by atoms with Crippen LogP contribution in [0.2, 0.25) is 0 Å². The fourth-order valence-electron chi connectivity index (χ4n) is 2.37. The van der Waals surface area contributed by atoms with E-state index in [1.165, 1.54) is 30.5 Å². The van der Waals surface area contributed by atoms with Gasteiger partial charge in [-0.25, -0.2) is 9.78 Å². The van der Waals surface area contributed by atoms with Crippen LogP contribution >= 0.6 is 0 Å². The van der Waals surface area contributed by atoms with E-state index in [0.717, 1.165) is 11.3 Å². The number of nitrogens with zero attached hydrogens (tertiary/aromatic N) is 2. The number of carbonyl (C=O) groups excluding carboxylic acids is 1. The Labute approximate surface area is 154 Å². The Hall–Kier alpha value is -3.68. The number of benzene rings is 2. The van der Waals surface area contributed by atoms with Gasteiger partial charge >= 0.3 is 5.97 Å². The zero-order valence-electron chi connectivity index (χ0n) is 14.6. The largest absolute Gasteiger partial charge is 0.497 e. The van der Waals surface area contributed by atoms with E-state index in [9.17, 15) is 14.9 Å². The molecule has 1 aromatic heterocycles.